The maximum atomic E-state index is 11.1. The molecule has 0 spiro atoms. The Labute approximate surface area is 133 Å². The number of nitrogens with zero attached hydrogens (tertiary/aromatic N) is 1. The minimum absolute atomic E-state index is 0.115. The lowest BCUT2D eigenvalue weighted by molar-refractivity contribution is -0.385. The van der Waals surface area contributed by atoms with Crippen LogP contribution in [-0.4, -0.2) is 4.92 Å². The Morgan fingerprint density at radius 1 is 1.15 bits per heavy atom. The van der Waals surface area contributed by atoms with E-state index in [2.05, 4.69) is 15.9 Å². The molecule has 0 fully saturated rings. The first-order chi connectivity index (χ1) is 9.51. The predicted molar refractivity (Wildman–Crippen MR) is 82.3 cm³/mol. The molecule has 0 heterocycles. The molecule has 0 unspecified atom stereocenters. The molecular formula is C13H8BrCl2NO3. The standard InChI is InChI=1S/C13H8BrCl2NO3/c14-7-8-1-4-12(11(5-8)17(18)19)20-13-6-9(15)2-3-10(13)16/h1-6H,7H2. The van der Waals surface area contributed by atoms with E-state index in [1.807, 2.05) is 0 Å². The Hall–Kier alpha value is -1.30. The van der Waals surface area contributed by atoms with Crippen LogP contribution in [0.4, 0.5) is 5.69 Å². The average Bonchev–Trinajstić information content (AvgIpc) is 2.43. The molecule has 0 aromatic heterocycles. The van der Waals surface area contributed by atoms with Crippen LogP contribution in [0, 0.1) is 10.1 Å². The summed E-state index contributed by atoms with van der Waals surface area (Å²) in [5.41, 5.74) is 0.652. The summed E-state index contributed by atoms with van der Waals surface area (Å²) in [6, 6.07) is 9.40. The van der Waals surface area contributed by atoms with E-state index >= 15 is 0 Å². The number of rotatable bonds is 4. The fraction of sp³-hybridized carbons (Fsp3) is 0.0769. The average molecular weight is 377 g/mol. The monoisotopic (exact) mass is 375 g/mol. The molecule has 104 valence electrons. The molecule has 7 heteroatoms. The fourth-order valence-corrected chi connectivity index (χ4v) is 2.22. The van der Waals surface area contributed by atoms with Gasteiger partial charge in [-0.15, -0.1) is 0 Å². The van der Waals surface area contributed by atoms with E-state index in [0.717, 1.165) is 5.56 Å². The van der Waals surface area contributed by atoms with Gasteiger partial charge >= 0.3 is 5.69 Å². The zero-order chi connectivity index (χ0) is 14.7. The Balaban J connectivity index is 2.42. The number of hydrogen-bond acceptors (Lipinski definition) is 3. The van der Waals surface area contributed by atoms with E-state index in [-0.39, 0.29) is 17.2 Å². The SMILES string of the molecule is O=[N+]([O-])c1cc(CBr)ccc1Oc1cc(Cl)ccc1Cl. The number of hydrogen-bond donors (Lipinski definition) is 0. The fourth-order valence-electron chi connectivity index (χ4n) is 1.55. The van der Waals surface area contributed by atoms with Crippen molar-refractivity contribution < 1.29 is 9.66 Å². The van der Waals surface area contributed by atoms with E-state index in [9.17, 15) is 10.1 Å². The van der Waals surface area contributed by atoms with Crippen LogP contribution in [-0.2, 0) is 5.33 Å². The second kappa shape index (κ2) is 6.43. The molecule has 20 heavy (non-hydrogen) atoms. The van der Waals surface area contributed by atoms with Crippen LogP contribution in [0.1, 0.15) is 5.56 Å². The maximum absolute atomic E-state index is 11.1. The minimum Gasteiger partial charge on any atom is -0.449 e. The highest BCUT2D eigenvalue weighted by Gasteiger charge is 2.17. The smallest absolute Gasteiger partial charge is 0.311 e. The summed E-state index contributed by atoms with van der Waals surface area (Å²) in [5.74, 6) is 0.387. The van der Waals surface area contributed by atoms with Crippen molar-refractivity contribution in [2.45, 2.75) is 5.33 Å². The van der Waals surface area contributed by atoms with Gasteiger partial charge in [0.1, 0.15) is 5.75 Å². The highest BCUT2D eigenvalue weighted by Crippen LogP contribution is 2.36. The van der Waals surface area contributed by atoms with E-state index in [4.69, 9.17) is 27.9 Å². The molecule has 0 saturated carbocycles. The Morgan fingerprint density at radius 2 is 1.90 bits per heavy atom. The summed E-state index contributed by atoms with van der Waals surface area (Å²) >= 11 is 15.1. The molecule has 0 radical (unpaired) electrons. The molecule has 0 amide bonds. The predicted octanol–water partition coefficient (Wildman–Crippen LogP) is 5.59. The van der Waals surface area contributed by atoms with Crippen molar-refractivity contribution in [2.24, 2.45) is 0 Å². The first-order valence-electron chi connectivity index (χ1n) is 5.47. The van der Waals surface area contributed by atoms with Crippen LogP contribution in [0.5, 0.6) is 11.5 Å². The van der Waals surface area contributed by atoms with Crippen molar-refractivity contribution in [1.29, 1.82) is 0 Å². The van der Waals surface area contributed by atoms with Gasteiger partial charge in [-0.05, 0) is 23.8 Å². The van der Waals surface area contributed by atoms with E-state index in [0.29, 0.717) is 15.4 Å². The first-order valence-corrected chi connectivity index (χ1v) is 7.35. The molecule has 2 aromatic carbocycles. The normalized spacial score (nSPS) is 10.3. The molecule has 0 atom stereocenters. The minimum atomic E-state index is -0.500. The van der Waals surface area contributed by atoms with E-state index in [1.165, 1.54) is 18.2 Å². The van der Waals surface area contributed by atoms with E-state index in [1.54, 1.807) is 18.2 Å². The summed E-state index contributed by atoms with van der Waals surface area (Å²) in [5, 5.41) is 12.4. The van der Waals surface area contributed by atoms with Crippen molar-refractivity contribution in [2.75, 3.05) is 0 Å². The molecule has 0 aliphatic carbocycles. The van der Waals surface area contributed by atoms with Gasteiger partial charge in [0.15, 0.2) is 0 Å². The molecule has 0 aliphatic heterocycles. The number of ether oxygens (including phenoxy) is 1. The molecule has 0 N–H and O–H groups in total. The van der Waals surface area contributed by atoms with Crippen LogP contribution in [0.15, 0.2) is 36.4 Å². The quantitative estimate of drug-likeness (QED) is 0.397. The number of nitro groups is 1. The van der Waals surface area contributed by atoms with Gasteiger partial charge in [0.25, 0.3) is 0 Å². The highest BCUT2D eigenvalue weighted by atomic mass is 79.9. The summed E-state index contributed by atoms with van der Waals surface area (Å²) < 4.78 is 5.51. The Bertz CT molecular complexity index is 664. The zero-order valence-corrected chi connectivity index (χ0v) is 13.1. The van der Waals surface area contributed by atoms with Crippen molar-refractivity contribution in [3.05, 3.63) is 62.1 Å². The lowest BCUT2D eigenvalue weighted by Crippen LogP contribution is -1.95. The van der Waals surface area contributed by atoms with Crippen LogP contribution in [0.3, 0.4) is 0 Å². The lowest BCUT2D eigenvalue weighted by Gasteiger charge is -2.09. The molecule has 2 aromatic rings. The molecule has 2 rings (SSSR count). The van der Waals surface area contributed by atoms with Gasteiger partial charge in [-0.3, -0.25) is 10.1 Å². The van der Waals surface area contributed by atoms with Crippen molar-refractivity contribution in [3.8, 4) is 11.5 Å². The van der Waals surface area contributed by atoms with Gasteiger partial charge in [-0.2, -0.15) is 0 Å². The highest BCUT2D eigenvalue weighted by molar-refractivity contribution is 9.08. The summed E-state index contributed by atoms with van der Waals surface area (Å²) in [7, 11) is 0. The Kier molecular flexibility index (Phi) is 4.86. The summed E-state index contributed by atoms with van der Waals surface area (Å²) in [6.45, 7) is 0. The van der Waals surface area contributed by atoms with Gasteiger partial charge in [0, 0.05) is 22.5 Å². The maximum Gasteiger partial charge on any atom is 0.311 e. The third kappa shape index (κ3) is 3.42. The third-order valence-corrected chi connectivity index (χ3v) is 3.68. The van der Waals surface area contributed by atoms with Crippen LogP contribution in [0.2, 0.25) is 10.0 Å². The number of halogens is 3. The second-order valence-corrected chi connectivity index (χ2v) is 5.27. The van der Waals surface area contributed by atoms with Gasteiger partial charge in [0.05, 0.1) is 9.95 Å². The molecule has 0 bridgehead atoms. The Morgan fingerprint density at radius 3 is 2.55 bits per heavy atom. The van der Waals surface area contributed by atoms with Crippen LogP contribution >= 0.6 is 39.1 Å². The topological polar surface area (TPSA) is 52.4 Å². The largest absolute Gasteiger partial charge is 0.449 e. The van der Waals surface area contributed by atoms with E-state index < -0.39 is 4.92 Å². The molecular weight excluding hydrogens is 369 g/mol. The number of alkyl halides is 1. The zero-order valence-electron chi connectivity index (χ0n) is 9.98. The third-order valence-electron chi connectivity index (χ3n) is 2.49. The van der Waals surface area contributed by atoms with Crippen molar-refractivity contribution in [1.82, 2.24) is 0 Å². The second-order valence-electron chi connectivity index (χ2n) is 3.87. The van der Waals surface area contributed by atoms with Crippen LogP contribution in [0.25, 0.3) is 0 Å². The van der Waals surface area contributed by atoms with Crippen LogP contribution < -0.4 is 4.74 Å². The molecule has 0 saturated heterocycles. The van der Waals surface area contributed by atoms with Gasteiger partial charge in [-0.1, -0.05) is 45.2 Å². The first kappa shape index (κ1) is 15.1. The van der Waals surface area contributed by atoms with Gasteiger partial charge in [0.2, 0.25) is 5.75 Å². The summed E-state index contributed by atoms with van der Waals surface area (Å²) in [4.78, 5) is 10.6. The van der Waals surface area contributed by atoms with Crippen molar-refractivity contribution >= 4 is 44.8 Å². The van der Waals surface area contributed by atoms with Gasteiger partial charge < -0.3 is 4.74 Å². The summed E-state index contributed by atoms with van der Waals surface area (Å²) in [6.07, 6.45) is 0. The van der Waals surface area contributed by atoms with Crippen molar-refractivity contribution in [3.63, 3.8) is 0 Å². The lowest BCUT2D eigenvalue weighted by atomic mass is 10.2. The molecule has 0 aliphatic rings. The molecule has 4 nitrogen and oxygen atoms in total. The van der Waals surface area contributed by atoms with Gasteiger partial charge in [-0.25, -0.2) is 0 Å². The number of benzene rings is 2. The number of nitro benzene ring substituents is 1.